The van der Waals surface area contributed by atoms with Gasteiger partial charge in [-0.1, -0.05) is 24.3 Å². The van der Waals surface area contributed by atoms with Gasteiger partial charge in [-0.05, 0) is 35.9 Å². The fourth-order valence-corrected chi connectivity index (χ4v) is 1.61. The molecule has 0 saturated carbocycles. The third-order valence-electron chi connectivity index (χ3n) is 2.55. The Labute approximate surface area is 113 Å². The van der Waals surface area contributed by atoms with Gasteiger partial charge in [0.25, 0.3) is 0 Å². The van der Waals surface area contributed by atoms with Crippen molar-refractivity contribution in [1.29, 1.82) is 5.26 Å². The average Bonchev–Trinajstić information content (AvgIpc) is 2.45. The minimum absolute atomic E-state index is 0.260. The molecule has 0 bridgehead atoms. The van der Waals surface area contributed by atoms with E-state index in [0.29, 0.717) is 11.3 Å². The summed E-state index contributed by atoms with van der Waals surface area (Å²) in [5.74, 6) is 0. The van der Waals surface area contributed by atoms with Gasteiger partial charge in [0.1, 0.15) is 11.8 Å². The maximum atomic E-state index is 12.6. The van der Waals surface area contributed by atoms with E-state index in [9.17, 15) is 13.2 Å². The zero-order valence-corrected chi connectivity index (χ0v) is 10.2. The number of hydrogen-bond donors (Lipinski definition) is 0. The fourth-order valence-electron chi connectivity index (χ4n) is 1.61. The first-order chi connectivity index (χ1) is 9.49. The van der Waals surface area contributed by atoms with Gasteiger partial charge in [-0.2, -0.15) is 18.4 Å². The van der Waals surface area contributed by atoms with Gasteiger partial charge in [-0.15, -0.1) is 0 Å². The van der Waals surface area contributed by atoms with Crippen molar-refractivity contribution in [3.05, 3.63) is 65.0 Å². The van der Waals surface area contributed by atoms with E-state index in [-0.39, 0.29) is 5.69 Å². The molecule has 0 fully saturated rings. The number of nitriles is 1. The molecule has 2 rings (SSSR count). The van der Waals surface area contributed by atoms with E-state index in [2.05, 4.69) is 4.98 Å². The molecule has 0 aliphatic carbocycles. The highest BCUT2D eigenvalue weighted by Gasteiger charge is 2.30. The van der Waals surface area contributed by atoms with Crippen molar-refractivity contribution in [2.45, 2.75) is 6.18 Å². The molecule has 2 nitrogen and oxygen atoms in total. The van der Waals surface area contributed by atoms with Crippen molar-refractivity contribution in [1.82, 2.24) is 4.98 Å². The molecule has 100 valence electrons. The molecule has 0 saturated heterocycles. The van der Waals surface area contributed by atoms with Crippen LogP contribution in [0.2, 0.25) is 0 Å². The smallest absolute Gasteiger partial charge is 0.238 e. The molecule has 0 aliphatic rings. The van der Waals surface area contributed by atoms with Crippen molar-refractivity contribution >= 4 is 12.2 Å². The first-order valence-corrected chi connectivity index (χ1v) is 5.71. The zero-order chi connectivity index (χ0) is 14.6. The number of aromatic nitrogens is 1. The van der Waals surface area contributed by atoms with Gasteiger partial charge in [0.05, 0.1) is 11.3 Å². The number of halogens is 3. The Kier molecular flexibility index (Phi) is 3.85. The Bertz CT molecular complexity index is 682. The van der Waals surface area contributed by atoms with E-state index >= 15 is 0 Å². The Morgan fingerprint density at radius 2 is 1.80 bits per heavy atom. The first kappa shape index (κ1) is 13.8. The van der Waals surface area contributed by atoms with E-state index in [1.165, 1.54) is 12.1 Å². The lowest BCUT2D eigenvalue weighted by atomic mass is 10.1. The van der Waals surface area contributed by atoms with Gasteiger partial charge >= 0.3 is 6.18 Å². The van der Waals surface area contributed by atoms with E-state index < -0.39 is 11.7 Å². The third kappa shape index (κ3) is 3.45. The molecule has 1 aromatic heterocycles. The van der Waals surface area contributed by atoms with Crippen LogP contribution in [0.3, 0.4) is 0 Å². The maximum absolute atomic E-state index is 12.6. The summed E-state index contributed by atoms with van der Waals surface area (Å²) in [6, 6.07) is 11.8. The van der Waals surface area contributed by atoms with E-state index in [0.717, 1.165) is 12.1 Å². The van der Waals surface area contributed by atoms with Gasteiger partial charge in [0.2, 0.25) is 0 Å². The predicted molar refractivity (Wildman–Crippen MR) is 69.3 cm³/mol. The molecule has 1 heterocycles. The lowest BCUT2D eigenvalue weighted by molar-refractivity contribution is -0.137. The molecular weight excluding hydrogens is 265 g/mol. The average molecular weight is 274 g/mol. The Morgan fingerprint density at radius 3 is 2.50 bits per heavy atom. The summed E-state index contributed by atoms with van der Waals surface area (Å²) in [4.78, 5) is 4.01. The molecule has 1 aromatic carbocycles. The SMILES string of the molecule is N#Cc1cccc(/C=C/c2cccc(C(F)(F)F)c2)n1. The van der Waals surface area contributed by atoms with Crippen molar-refractivity contribution in [2.75, 3.05) is 0 Å². The van der Waals surface area contributed by atoms with Gasteiger partial charge in [-0.25, -0.2) is 4.98 Å². The Morgan fingerprint density at radius 1 is 1.05 bits per heavy atom. The van der Waals surface area contributed by atoms with Crippen LogP contribution in [0.5, 0.6) is 0 Å². The third-order valence-corrected chi connectivity index (χ3v) is 2.55. The van der Waals surface area contributed by atoms with Crippen LogP contribution in [0.4, 0.5) is 13.2 Å². The standard InChI is InChI=1S/C15H9F3N2/c16-15(17,18)12-4-1-3-11(9-12)7-8-13-5-2-6-14(10-19)20-13/h1-9H/b8-7+. The van der Waals surface area contributed by atoms with Crippen LogP contribution in [0.15, 0.2) is 42.5 Å². The van der Waals surface area contributed by atoms with Crippen molar-refractivity contribution < 1.29 is 13.2 Å². The largest absolute Gasteiger partial charge is 0.416 e. The van der Waals surface area contributed by atoms with Crippen LogP contribution in [0.1, 0.15) is 22.5 Å². The molecule has 0 atom stereocenters. The summed E-state index contributed by atoms with van der Waals surface area (Å²) >= 11 is 0. The summed E-state index contributed by atoms with van der Waals surface area (Å²) in [6.07, 6.45) is -1.27. The molecule has 0 N–H and O–H groups in total. The molecule has 0 aliphatic heterocycles. The lowest BCUT2D eigenvalue weighted by Crippen LogP contribution is -2.04. The van der Waals surface area contributed by atoms with Gasteiger partial charge in [-0.3, -0.25) is 0 Å². The number of benzene rings is 1. The monoisotopic (exact) mass is 274 g/mol. The van der Waals surface area contributed by atoms with Gasteiger partial charge in [0.15, 0.2) is 0 Å². The van der Waals surface area contributed by atoms with Crippen LogP contribution in [0, 0.1) is 11.3 Å². The number of pyridine rings is 1. The van der Waals surface area contributed by atoms with Crippen LogP contribution in [0.25, 0.3) is 12.2 Å². The maximum Gasteiger partial charge on any atom is 0.416 e. The summed E-state index contributed by atoms with van der Waals surface area (Å²) in [5, 5.41) is 8.71. The molecule has 20 heavy (non-hydrogen) atoms. The number of rotatable bonds is 2. The van der Waals surface area contributed by atoms with Crippen molar-refractivity contribution in [3.63, 3.8) is 0 Å². The molecule has 2 aromatic rings. The number of hydrogen-bond acceptors (Lipinski definition) is 2. The predicted octanol–water partition coefficient (Wildman–Crippen LogP) is 4.14. The quantitative estimate of drug-likeness (QED) is 0.825. The fraction of sp³-hybridized carbons (Fsp3) is 0.0667. The molecule has 0 spiro atoms. The minimum atomic E-state index is -4.36. The highest BCUT2D eigenvalue weighted by Crippen LogP contribution is 2.29. The molecule has 0 amide bonds. The zero-order valence-electron chi connectivity index (χ0n) is 10.2. The van der Waals surface area contributed by atoms with Gasteiger partial charge in [0, 0.05) is 0 Å². The normalized spacial score (nSPS) is 11.5. The van der Waals surface area contributed by atoms with Crippen molar-refractivity contribution in [3.8, 4) is 6.07 Å². The summed E-state index contributed by atoms with van der Waals surface area (Å²) in [6.45, 7) is 0. The van der Waals surface area contributed by atoms with Crippen molar-refractivity contribution in [2.24, 2.45) is 0 Å². The highest BCUT2D eigenvalue weighted by molar-refractivity contribution is 5.68. The van der Waals surface area contributed by atoms with Crippen LogP contribution in [-0.2, 0) is 6.18 Å². The summed E-state index contributed by atoms with van der Waals surface area (Å²) in [7, 11) is 0. The first-order valence-electron chi connectivity index (χ1n) is 5.71. The molecule has 0 unspecified atom stereocenters. The Balaban J connectivity index is 2.25. The van der Waals surface area contributed by atoms with E-state index in [1.807, 2.05) is 6.07 Å². The molecule has 5 heteroatoms. The topological polar surface area (TPSA) is 36.7 Å². The molecule has 0 radical (unpaired) electrons. The minimum Gasteiger partial charge on any atom is -0.238 e. The van der Waals surface area contributed by atoms with Crippen LogP contribution >= 0.6 is 0 Å². The number of nitrogens with zero attached hydrogens (tertiary/aromatic N) is 2. The Hall–Kier alpha value is -2.61. The van der Waals surface area contributed by atoms with E-state index in [4.69, 9.17) is 5.26 Å². The van der Waals surface area contributed by atoms with Crippen LogP contribution < -0.4 is 0 Å². The van der Waals surface area contributed by atoms with E-state index in [1.54, 1.807) is 30.3 Å². The summed E-state index contributed by atoms with van der Waals surface area (Å²) in [5.41, 5.74) is 0.500. The van der Waals surface area contributed by atoms with Gasteiger partial charge < -0.3 is 0 Å². The summed E-state index contributed by atoms with van der Waals surface area (Å²) < 4.78 is 37.7. The second-order valence-electron chi connectivity index (χ2n) is 4.02. The number of alkyl halides is 3. The second-order valence-corrected chi connectivity index (χ2v) is 4.02. The molecular formula is C15H9F3N2. The van der Waals surface area contributed by atoms with Crippen LogP contribution in [-0.4, -0.2) is 4.98 Å². The lowest BCUT2D eigenvalue weighted by Gasteiger charge is -2.06. The highest BCUT2D eigenvalue weighted by atomic mass is 19.4. The second kappa shape index (κ2) is 5.57.